The Bertz CT molecular complexity index is 955. The third kappa shape index (κ3) is 2.64. The predicted molar refractivity (Wildman–Crippen MR) is 82.1 cm³/mol. The number of aryl methyl sites for hydroxylation is 2. The van der Waals surface area contributed by atoms with Gasteiger partial charge >= 0.3 is 0 Å². The maximum absolute atomic E-state index is 12.9. The molecule has 2 aromatic rings. The first-order valence-electron chi connectivity index (χ1n) is 7.06. The maximum atomic E-state index is 12.9. The predicted octanol–water partition coefficient (Wildman–Crippen LogP) is 1.28. The summed E-state index contributed by atoms with van der Waals surface area (Å²) in [6.45, 7) is 2.67. The van der Waals surface area contributed by atoms with E-state index in [0.717, 1.165) is 16.4 Å². The maximum Gasteiger partial charge on any atom is 0.248 e. The molecule has 1 aromatic heterocycles. The second kappa shape index (κ2) is 5.64. The second-order valence-corrected chi connectivity index (χ2v) is 9.70. The minimum absolute atomic E-state index is 0.0247. The van der Waals surface area contributed by atoms with E-state index in [1.165, 1.54) is 26.0 Å². The van der Waals surface area contributed by atoms with Crippen molar-refractivity contribution in [3.05, 3.63) is 41.5 Å². The molecular formula is C14H15FN2O5S2. The van der Waals surface area contributed by atoms with Crippen LogP contribution in [-0.2, 0) is 19.9 Å². The number of aromatic nitrogens is 1. The van der Waals surface area contributed by atoms with E-state index >= 15 is 0 Å². The molecule has 0 unspecified atom stereocenters. The highest BCUT2D eigenvalue weighted by Crippen LogP contribution is 2.31. The van der Waals surface area contributed by atoms with Crippen LogP contribution in [0.5, 0.6) is 0 Å². The Labute approximate surface area is 139 Å². The molecule has 0 spiro atoms. The van der Waals surface area contributed by atoms with Crippen molar-refractivity contribution in [3.63, 3.8) is 0 Å². The van der Waals surface area contributed by atoms with Gasteiger partial charge in [-0.15, -0.1) is 0 Å². The molecule has 1 aromatic carbocycles. The molecule has 0 aliphatic carbocycles. The third-order valence-electron chi connectivity index (χ3n) is 3.96. The summed E-state index contributed by atoms with van der Waals surface area (Å²) in [5.74, 6) is -0.373. The minimum atomic E-state index is -3.85. The number of nitrogens with zero attached hydrogens (tertiary/aromatic N) is 2. The smallest absolute Gasteiger partial charge is 0.248 e. The van der Waals surface area contributed by atoms with Crippen molar-refractivity contribution in [2.45, 2.75) is 28.9 Å². The zero-order valence-corrected chi connectivity index (χ0v) is 14.6. The number of benzene rings is 1. The van der Waals surface area contributed by atoms with E-state index in [1.54, 1.807) is 0 Å². The molecule has 1 aliphatic heterocycles. The lowest BCUT2D eigenvalue weighted by molar-refractivity contribution is 0.308. The molecule has 0 radical (unpaired) electrons. The Balaban J connectivity index is 1.81. The highest BCUT2D eigenvalue weighted by atomic mass is 32.2. The van der Waals surface area contributed by atoms with Crippen LogP contribution in [-0.4, -0.2) is 44.6 Å². The summed E-state index contributed by atoms with van der Waals surface area (Å²) in [7, 11) is -7.56. The van der Waals surface area contributed by atoms with Gasteiger partial charge in [0.05, 0.1) is 10.1 Å². The number of halogens is 1. The van der Waals surface area contributed by atoms with E-state index < -0.39 is 30.9 Å². The van der Waals surface area contributed by atoms with Crippen LogP contribution in [0, 0.1) is 19.7 Å². The van der Waals surface area contributed by atoms with Gasteiger partial charge in [-0.1, -0.05) is 5.16 Å². The van der Waals surface area contributed by atoms with Gasteiger partial charge in [0, 0.05) is 13.1 Å². The highest BCUT2D eigenvalue weighted by molar-refractivity contribution is 7.92. The fourth-order valence-electron chi connectivity index (χ4n) is 2.58. The van der Waals surface area contributed by atoms with Gasteiger partial charge in [0.2, 0.25) is 10.0 Å². The topological polar surface area (TPSA) is 97.6 Å². The quantitative estimate of drug-likeness (QED) is 0.748. The molecule has 0 N–H and O–H groups in total. The first-order chi connectivity index (χ1) is 11.1. The van der Waals surface area contributed by atoms with E-state index in [2.05, 4.69) is 5.16 Å². The normalized spacial score (nSPS) is 17.0. The SMILES string of the molecule is Cc1noc(C)c1S(=O)(=O)N1CC(S(=O)(=O)c2ccc(F)cc2)C1. The van der Waals surface area contributed by atoms with Gasteiger partial charge in [0.25, 0.3) is 0 Å². The van der Waals surface area contributed by atoms with Crippen molar-refractivity contribution in [1.82, 2.24) is 9.46 Å². The van der Waals surface area contributed by atoms with Crippen molar-refractivity contribution in [1.29, 1.82) is 0 Å². The van der Waals surface area contributed by atoms with E-state index in [0.29, 0.717) is 0 Å². The molecule has 10 heteroatoms. The summed E-state index contributed by atoms with van der Waals surface area (Å²) >= 11 is 0. The van der Waals surface area contributed by atoms with Gasteiger partial charge in [-0.2, -0.15) is 4.31 Å². The molecule has 0 amide bonds. The minimum Gasteiger partial charge on any atom is -0.360 e. The van der Waals surface area contributed by atoms with Crippen LogP contribution in [0.15, 0.2) is 38.6 Å². The standard InChI is InChI=1S/C14H15FN2O5S2/c1-9-14(10(2)22-16-9)24(20,21)17-7-13(8-17)23(18,19)12-5-3-11(15)4-6-12/h3-6,13H,7-8H2,1-2H3. The van der Waals surface area contributed by atoms with E-state index in [4.69, 9.17) is 4.52 Å². The summed E-state index contributed by atoms with van der Waals surface area (Å²) in [6, 6.07) is 4.47. The molecule has 0 bridgehead atoms. The molecule has 1 fully saturated rings. The first kappa shape index (κ1) is 17.1. The average molecular weight is 374 g/mol. The number of sulfone groups is 1. The molecule has 130 valence electrons. The van der Waals surface area contributed by atoms with Crippen molar-refractivity contribution in [2.75, 3.05) is 13.1 Å². The molecule has 2 heterocycles. The molecule has 1 saturated heterocycles. The lowest BCUT2D eigenvalue weighted by Crippen LogP contribution is -2.56. The molecule has 1 aliphatic rings. The zero-order valence-electron chi connectivity index (χ0n) is 12.9. The monoisotopic (exact) mass is 374 g/mol. The van der Waals surface area contributed by atoms with Crippen molar-refractivity contribution < 1.29 is 25.7 Å². The van der Waals surface area contributed by atoms with Crippen LogP contribution < -0.4 is 0 Å². The summed E-state index contributed by atoms with van der Waals surface area (Å²) < 4.78 is 68.9. The average Bonchev–Trinajstić information content (AvgIpc) is 2.76. The van der Waals surface area contributed by atoms with Gasteiger partial charge in [-0.25, -0.2) is 21.2 Å². The summed E-state index contributed by atoms with van der Waals surface area (Å²) in [4.78, 5) is -0.0524. The Kier molecular flexibility index (Phi) is 4.01. The van der Waals surface area contributed by atoms with Gasteiger partial charge in [-0.05, 0) is 38.1 Å². The van der Waals surface area contributed by atoms with Gasteiger partial charge in [-0.3, -0.25) is 0 Å². The van der Waals surface area contributed by atoms with Crippen LogP contribution in [0.25, 0.3) is 0 Å². The molecule has 0 saturated carbocycles. The third-order valence-corrected chi connectivity index (χ3v) is 8.14. The lowest BCUT2D eigenvalue weighted by atomic mass is 10.3. The molecule has 7 nitrogen and oxygen atoms in total. The van der Waals surface area contributed by atoms with Crippen molar-refractivity contribution in [2.24, 2.45) is 0 Å². The second-order valence-electron chi connectivity index (χ2n) is 5.60. The van der Waals surface area contributed by atoms with Gasteiger partial charge in [0.15, 0.2) is 15.6 Å². The number of hydrogen-bond acceptors (Lipinski definition) is 6. The van der Waals surface area contributed by atoms with Crippen LogP contribution in [0.3, 0.4) is 0 Å². The van der Waals surface area contributed by atoms with Gasteiger partial charge < -0.3 is 4.52 Å². The van der Waals surface area contributed by atoms with Crippen LogP contribution in [0.4, 0.5) is 4.39 Å². The largest absolute Gasteiger partial charge is 0.360 e. The van der Waals surface area contributed by atoms with E-state index in [-0.39, 0.29) is 34.3 Å². The fourth-order valence-corrected chi connectivity index (χ4v) is 6.25. The van der Waals surface area contributed by atoms with E-state index in [1.807, 2.05) is 0 Å². The molecule has 24 heavy (non-hydrogen) atoms. The number of rotatable bonds is 4. The first-order valence-corrected chi connectivity index (χ1v) is 10.0. The van der Waals surface area contributed by atoms with Crippen molar-refractivity contribution in [3.8, 4) is 0 Å². The summed E-state index contributed by atoms with van der Waals surface area (Å²) in [5.41, 5.74) is 0.234. The Hall–Kier alpha value is -1.78. The number of hydrogen-bond donors (Lipinski definition) is 0. The van der Waals surface area contributed by atoms with Crippen LogP contribution in [0.2, 0.25) is 0 Å². The summed E-state index contributed by atoms with van der Waals surface area (Å²) in [5, 5.41) is 2.75. The summed E-state index contributed by atoms with van der Waals surface area (Å²) in [6.07, 6.45) is 0. The Morgan fingerprint density at radius 2 is 1.71 bits per heavy atom. The molecular weight excluding hydrogens is 359 g/mol. The highest BCUT2D eigenvalue weighted by Gasteiger charge is 2.45. The van der Waals surface area contributed by atoms with Crippen LogP contribution >= 0.6 is 0 Å². The van der Waals surface area contributed by atoms with E-state index in [9.17, 15) is 21.2 Å². The molecule has 0 atom stereocenters. The Morgan fingerprint density at radius 1 is 1.12 bits per heavy atom. The van der Waals surface area contributed by atoms with Crippen molar-refractivity contribution >= 4 is 19.9 Å². The Morgan fingerprint density at radius 3 is 2.21 bits per heavy atom. The lowest BCUT2D eigenvalue weighted by Gasteiger charge is -2.37. The number of sulfonamides is 1. The van der Waals surface area contributed by atoms with Crippen LogP contribution in [0.1, 0.15) is 11.5 Å². The van der Waals surface area contributed by atoms with Gasteiger partial charge in [0.1, 0.15) is 16.4 Å². The fraction of sp³-hybridized carbons (Fsp3) is 0.357. The molecule has 3 rings (SSSR count). The zero-order chi connectivity index (χ0) is 17.7.